The highest BCUT2D eigenvalue weighted by atomic mass is 16.2. The van der Waals surface area contributed by atoms with Gasteiger partial charge in [-0.2, -0.15) is 4.80 Å². The third-order valence-electron chi connectivity index (χ3n) is 3.00. The molecule has 2 aromatic carbocycles. The lowest BCUT2D eigenvalue weighted by Gasteiger charge is -2.03. The quantitative estimate of drug-likeness (QED) is 0.711. The fourth-order valence-corrected chi connectivity index (χ4v) is 1.97. The Morgan fingerprint density at radius 1 is 1.09 bits per heavy atom. The van der Waals surface area contributed by atoms with E-state index < -0.39 is 0 Å². The molecule has 7 heteroatoms. The summed E-state index contributed by atoms with van der Waals surface area (Å²) < 4.78 is 0. The summed E-state index contributed by atoms with van der Waals surface area (Å²) in [5, 5.41) is 14.7. The number of aromatic nitrogens is 4. The average Bonchev–Trinajstić information content (AvgIpc) is 2.97. The van der Waals surface area contributed by atoms with Crippen molar-refractivity contribution in [2.45, 2.75) is 6.54 Å². The van der Waals surface area contributed by atoms with Crippen LogP contribution in [0.5, 0.6) is 0 Å². The lowest BCUT2D eigenvalue weighted by atomic mass is 10.2. The van der Waals surface area contributed by atoms with Gasteiger partial charge < -0.3 is 11.1 Å². The van der Waals surface area contributed by atoms with Crippen LogP contribution in [0.4, 0.5) is 11.4 Å². The molecule has 7 nitrogen and oxygen atoms in total. The second-order valence-corrected chi connectivity index (χ2v) is 4.64. The van der Waals surface area contributed by atoms with Crippen LogP contribution in [0.15, 0.2) is 54.6 Å². The van der Waals surface area contributed by atoms with E-state index in [-0.39, 0.29) is 12.5 Å². The zero-order valence-electron chi connectivity index (χ0n) is 11.7. The van der Waals surface area contributed by atoms with Crippen molar-refractivity contribution in [1.82, 2.24) is 20.2 Å². The molecule has 0 spiro atoms. The predicted molar refractivity (Wildman–Crippen MR) is 82.7 cm³/mol. The topological polar surface area (TPSA) is 98.7 Å². The van der Waals surface area contributed by atoms with Gasteiger partial charge in [-0.1, -0.05) is 30.3 Å². The third-order valence-corrected chi connectivity index (χ3v) is 3.00. The molecule has 0 bridgehead atoms. The predicted octanol–water partition coefficient (Wildman–Crippen LogP) is 1.56. The highest BCUT2D eigenvalue weighted by molar-refractivity contribution is 5.90. The monoisotopic (exact) mass is 294 g/mol. The summed E-state index contributed by atoms with van der Waals surface area (Å²) in [4.78, 5) is 13.2. The molecule has 0 unspecified atom stereocenters. The van der Waals surface area contributed by atoms with Gasteiger partial charge >= 0.3 is 0 Å². The average molecular weight is 294 g/mol. The van der Waals surface area contributed by atoms with Gasteiger partial charge in [0, 0.05) is 16.9 Å². The number of nitrogens with two attached hydrogens (primary N) is 1. The van der Waals surface area contributed by atoms with Crippen molar-refractivity contribution >= 4 is 17.3 Å². The molecule has 0 radical (unpaired) electrons. The molecule has 3 aromatic rings. The SMILES string of the molecule is Nc1ccccc1-c1nnn(CC(=O)Nc2ccccc2)n1. The van der Waals surface area contributed by atoms with Gasteiger partial charge in [-0.25, -0.2) is 0 Å². The number of carbonyl (C=O) groups is 1. The van der Waals surface area contributed by atoms with Gasteiger partial charge in [-0.15, -0.1) is 10.2 Å². The number of hydrogen-bond acceptors (Lipinski definition) is 5. The van der Waals surface area contributed by atoms with Gasteiger partial charge in [-0.3, -0.25) is 4.79 Å². The van der Waals surface area contributed by atoms with Gasteiger partial charge in [0.2, 0.25) is 11.7 Å². The summed E-state index contributed by atoms with van der Waals surface area (Å²) in [6, 6.07) is 16.4. The first-order chi connectivity index (χ1) is 10.7. The van der Waals surface area contributed by atoms with E-state index in [9.17, 15) is 4.79 Å². The fourth-order valence-electron chi connectivity index (χ4n) is 1.97. The molecular formula is C15H14N6O. The summed E-state index contributed by atoms with van der Waals surface area (Å²) in [6.07, 6.45) is 0. The van der Waals surface area contributed by atoms with Crippen LogP contribution in [0.25, 0.3) is 11.4 Å². The molecule has 0 aliphatic heterocycles. The Balaban J connectivity index is 1.70. The van der Waals surface area contributed by atoms with Crippen LogP contribution in [0.1, 0.15) is 0 Å². The van der Waals surface area contributed by atoms with Crippen molar-refractivity contribution in [3.8, 4) is 11.4 Å². The van der Waals surface area contributed by atoms with Crippen molar-refractivity contribution in [1.29, 1.82) is 0 Å². The van der Waals surface area contributed by atoms with Gasteiger partial charge in [0.05, 0.1) is 0 Å². The van der Waals surface area contributed by atoms with Crippen molar-refractivity contribution < 1.29 is 4.79 Å². The van der Waals surface area contributed by atoms with E-state index in [1.165, 1.54) is 4.80 Å². The Morgan fingerprint density at radius 3 is 2.59 bits per heavy atom. The number of hydrogen-bond donors (Lipinski definition) is 2. The van der Waals surface area contributed by atoms with E-state index in [1.54, 1.807) is 12.1 Å². The molecule has 0 saturated heterocycles. The minimum absolute atomic E-state index is 0.0192. The first kappa shape index (κ1) is 13.7. The molecule has 1 aromatic heterocycles. The molecule has 0 aliphatic rings. The summed E-state index contributed by atoms with van der Waals surface area (Å²) in [5.74, 6) is 0.168. The van der Waals surface area contributed by atoms with Crippen molar-refractivity contribution in [2.24, 2.45) is 0 Å². The fraction of sp³-hybridized carbons (Fsp3) is 0.0667. The second-order valence-electron chi connectivity index (χ2n) is 4.64. The Hall–Kier alpha value is -3.22. The lowest BCUT2D eigenvalue weighted by molar-refractivity contribution is -0.117. The van der Waals surface area contributed by atoms with Crippen LogP contribution in [0.2, 0.25) is 0 Å². The number of nitrogen functional groups attached to an aromatic ring is 1. The molecule has 0 fully saturated rings. The number of para-hydroxylation sites is 2. The molecule has 0 aliphatic carbocycles. The minimum Gasteiger partial charge on any atom is -0.398 e. The molecule has 3 rings (SSSR count). The first-order valence-electron chi connectivity index (χ1n) is 6.70. The first-order valence-corrected chi connectivity index (χ1v) is 6.70. The highest BCUT2D eigenvalue weighted by Crippen LogP contribution is 2.20. The highest BCUT2D eigenvalue weighted by Gasteiger charge is 2.11. The Labute approximate surface area is 126 Å². The third kappa shape index (κ3) is 3.09. The molecule has 0 saturated carbocycles. The van der Waals surface area contributed by atoms with Gasteiger partial charge in [0.1, 0.15) is 6.54 Å². The number of carbonyl (C=O) groups excluding carboxylic acids is 1. The summed E-state index contributed by atoms with van der Waals surface area (Å²) in [6.45, 7) is -0.0192. The molecule has 0 atom stereocenters. The zero-order valence-corrected chi connectivity index (χ0v) is 11.7. The molecule has 1 amide bonds. The number of tetrazole rings is 1. The van der Waals surface area contributed by atoms with Crippen molar-refractivity contribution in [2.75, 3.05) is 11.1 Å². The summed E-state index contributed by atoms with van der Waals surface area (Å²) in [7, 11) is 0. The standard InChI is InChI=1S/C15H14N6O/c16-13-9-5-4-8-12(13)15-18-20-21(19-15)10-14(22)17-11-6-2-1-3-7-11/h1-9H,10,16H2,(H,17,22). The van der Waals surface area contributed by atoms with Crippen LogP contribution in [-0.2, 0) is 11.3 Å². The normalized spacial score (nSPS) is 10.4. The minimum atomic E-state index is -0.226. The van der Waals surface area contributed by atoms with Gasteiger partial charge in [-0.05, 0) is 29.5 Å². The Kier molecular flexibility index (Phi) is 3.78. The van der Waals surface area contributed by atoms with E-state index in [0.29, 0.717) is 17.1 Å². The smallest absolute Gasteiger partial charge is 0.248 e. The molecule has 22 heavy (non-hydrogen) atoms. The molecule has 1 heterocycles. The number of rotatable bonds is 4. The number of amides is 1. The zero-order chi connectivity index (χ0) is 15.4. The van der Waals surface area contributed by atoms with Crippen LogP contribution in [0, 0.1) is 0 Å². The van der Waals surface area contributed by atoms with E-state index in [0.717, 1.165) is 5.69 Å². The maximum Gasteiger partial charge on any atom is 0.248 e. The summed E-state index contributed by atoms with van der Waals surface area (Å²) in [5.41, 5.74) is 7.85. The second kappa shape index (κ2) is 6.04. The number of benzene rings is 2. The van der Waals surface area contributed by atoms with Crippen LogP contribution >= 0.6 is 0 Å². The Morgan fingerprint density at radius 2 is 1.82 bits per heavy atom. The number of nitrogens with zero attached hydrogens (tertiary/aromatic N) is 4. The number of anilines is 2. The molecule has 110 valence electrons. The van der Waals surface area contributed by atoms with Crippen LogP contribution in [0.3, 0.4) is 0 Å². The van der Waals surface area contributed by atoms with E-state index >= 15 is 0 Å². The van der Waals surface area contributed by atoms with E-state index in [4.69, 9.17) is 5.73 Å². The van der Waals surface area contributed by atoms with Crippen molar-refractivity contribution in [3.63, 3.8) is 0 Å². The maximum atomic E-state index is 11.9. The Bertz CT molecular complexity index is 783. The van der Waals surface area contributed by atoms with E-state index in [2.05, 4.69) is 20.7 Å². The maximum absolute atomic E-state index is 11.9. The van der Waals surface area contributed by atoms with Crippen molar-refractivity contribution in [3.05, 3.63) is 54.6 Å². The van der Waals surface area contributed by atoms with Crippen LogP contribution < -0.4 is 11.1 Å². The summed E-state index contributed by atoms with van der Waals surface area (Å²) >= 11 is 0. The molecule has 3 N–H and O–H groups in total. The van der Waals surface area contributed by atoms with Crippen LogP contribution in [-0.4, -0.2) is 26.1 Å². The van der Waals surface area contributed by atoms with E-state index in [1.807, 2.05) is 42.5 Å². The number of nitrogens with one attached hydrogen (secondary N) is 1. The van der Waals surface area contributed by atoms with Gasteiger partial charge in [0.25, 0.3) is 0 Å². The molecular weight excluding hydrogens is 280 g/mol. The lowest BCUT2D eigenvalue weighted by Crippen LogP contribution is -2.20. The van der Waals surface area contributed by atoms with Gasteiger partial charge in [0.15, 0.2) is 0 Å². The largest absolute Gasteiger partial charge is 0.398 e.